The normalized spacial score (nSPS) is 14.6. The standard InChI is InChI=1S/C16H22N4O4/c1-3-14(6-7-17-9-21)16(20-12-24)15(19-11-23)5-4-13(2)8-18-10-22/h13-16H,3-8H2,1-2H3. The second-order valence-electron chi connectivity index (χ2n) is 5.54. The molecule has 0 aliphatic rings. The number of isocyanates is 4. The SMILES string of the molecule is CCC(CCN=C=O)C(N=C=O)C(CCC(C)CN=C=O)N=C=O. The number of carbonyl (C=O) groups excluding carboxylic acids is 4. The van der Waals surface area contributed by atoms with Gasteiger partial charge in [-0.05, 0) is 31.1 Å². The molecule has 0 aliphatic carbocycles. The lowest BCUT2D eigenvalue weighted by Crippen LogP contribution is -2.32. The fraction of sp³-hybridized carbons (Fsp3) is 0.750. The number of hydrogen-bond donors (Lipinski definition) is 0. The van der Waals surface area contributed by atoms with Gasteiger partial charge in [0, 0.05) is 0 Å². The zero-order chi connectivity index (χ0) is 18.2. The smallest absolute Gasteiger partial charge is 0.211 e. The summed E-state index contributed by atoms with van der Waals surface area (Å²) in [6.07, 6.45) is 8.38. The summed E-state index contributed by atoms with van der Waals surface area (Å²) < 4.78 is 0. The average molecular weight is 334 g/mol. The van der Waals surface area contributed by atoms with E-state index in [4.69, 9.17) is 0 Å². The minimum absolute atomic E-state index is 0.0750. The highest BCUT2D eigenvalue weighted by molar-refractivity contribution is 5.36. The van der Waals surface area contributed by atoms with Gasteiger partial charge in [0.25, 0.3) is 0 Å². The lowest BCUT2D eigenvalue weighted by molar-refractivity contribution is 0.319. The molecule has 130 valence electrons. The van der Waals surface area contributed by atoms with Crippen molar-refractivity contribution in [2.24, 2.45) is 31.8 Å². The van der Waals surface area contributed by atoms with Crippen molar-refractivity contribution in [3.05, 3.63) is 0 Å². The molecule has 0 aliphatic heterocycles. The van der Waals surface area contributed by atoms with Gasteiger partial charge in [-0.3, -0.25) is 0 Å². The summed E-state index contributed by atoms with van der Waals surface area (Å²) in [5.41, 5.74) is 0. The van der Waals surface area contributed by atoms with Crippen LogP contribution in [0.4, 0.5) is 0 Å². The highest BCUT2D eigenvalue weighted by Crippen LogP contribution is 2.25. The summed E-state index contributed by atoms with van der Waals surface area (Å²) in [7, 11) is 0. The Balaban J connectivity index is 5.11. The number of nitrogens with zero attached hydrogens (tertiary/aromatic N) is 4. The Hall–Kier alpha value is -2.48. The van der Waals surface area contributed by atoms with Crippen LogP contribution in [-0.2, 0) is 19.2 Å². The number of hydrogen-bond acceptors (Lipinski definition) is 8. The average Bonchev–Trinajstić information content (AvgIpc) is 2.59. The molecule has 0 N–H and O–H groups in total. The van der Waals surface area contributed by atoms with Gasteiger partial charge in [-0.2, -0.15) is 4.99 Å². The highest BCUT2D eigenvalue weighted by Gasteiger charge is 2.28. The first-order valence-corrected chi connectivity index (χ1v) is 7.85. The van der Waals surface area contributed by atoms with Crippen molar-refractivity contribution in [2.75, 3.05) is 13.1 Å². The van der Waals surface area contributed by atoms with Gasteiger partial charge in [0.05, 0.1) is 25.2 Å². The molecule has 0 aromatic carbocycles. The maximum atomic E-state index is 10.8. The molecule has 0 radical (unpaired) electrons. The third-order valence-electron chi connectivity index (χ3n) is 3.92. The van der Waals surface area contributed by atoms with Gasteiger partial charge in [-0.25, -0.2) is 34.2 Å². The van der Waals surface area contributed by atoms with E-state index in [0.29, 0.717) is 32.2 Å². The van der Waals surface area contributed by atoms with Crippen LogP contribution in [0.5, 0.6) is 0 Å². The fourth-order valence-corrected chi connectivity index (χ4v) is 2.58. The van der Waals surface area contributed by atoms with Crippen molar-refractivity contribution >= 4 is 24.3 Å². The second kappa shape index (κ2) is 14.1. The zero-order valence-electron chi connectivity index (χ0n) is 14.0. The predicted molar refractivity (Wildman–Crippen MR) is 86.6 cm³/mol. The van der Waals surface area contributed by atoms with Gasteiger partial charge in [0.2, 0.25) is 24.3 Å². The molecule has 0 spiro atoms. The van der Waals surface area contributed by atoms with E-state index in [0.717, 1.165) is 0 Å². The third-order valence-corrected chi connectivity index (χ3v) is 3.92. The van der Waals surface area contributed by atoms with Crippen molar-refractivity contribution in [3.63, 3.8) is 0 Å². The van der Waals surface area contributed by atoms with E-state index >= 15 is 0 Å². The Morgan fingerprint density at radius 1 is 0.833 bits per heavy atom. The van der Waals surface area contributed by atoms with Gasteiger partial charge in [-0.15, -0.1) is 0 Å². The van der Waals surface area contributed by atoms with Crippen LogP contribution in [0.2, 0.25) is 0 Å². The first-order valence-electron chi connectivity index (χ1n) is 7.85. The molecule has 0 fully saturated rings. The van der Waals surface area contributed by atoms with Crippen molar-refractivity contribution in [3.8, 4) is 0 Å². The van der Waals surface area contributed by atoms with Crippen LogP contribution in [0.15, 0.2) is 20.0 Å². The summed E-state index contributed by atoms with van der Waals surface area (Å²) in [4.78, 5) is 56.5. The monoisotopic (exact) mass is 334 g/mol. The summed E-state index contributed by atoms with van der Waals surface area (Å²) >= 11 is 0. The van der Waals surface area contributed by atoms with Gasteiger partial charge in [0.15, 0.2) is 0 Å². The van der Waals surface area contributed by atoms with Crippen molar-refractivity contribution in [1.29, 1.82) is 0 Å². The van der Waals surface area contributed by atoms with Gasteiger partial charge >= 0.3 is 0 Å². The first-order chi connectivity index (χ1) is 11.6. The minimum Gasteiger partial charge on any atom is -0.211 e. The molecule has 0 rings (SSSR count). The lowest BCUT2D eigenvalue weighted by atomic mass is 9.86. The maximum absolute atomic E-state index is 10.8. The van der Waals surface area contributed by atoms with E-state index in [1.807, 2.05) is 13.8 Å². The molecule has 8 nitrogen and oxygen atoms in total. The Kier molecular flexibility index (Phi) is 12.7. The van der Waals surface area contributed by atoms with Crippen LogP contribution in [0.3, 0.4) is 0 Å². The third kappa shape index (κ3) is 8.84. The van der Waals surface area contributed by atoms with E-state index in [-0.39, 0.29) is 18.4 Å². The van der Waals surface area contributed by atoms with Crippen LogP contribution in [0, 0.1) is 11.8 Å². The van der Waals surface area contributed by atoms with Gasteiger partial charge in [0.1, 0.15) is 0 Å². The Morgan fingerprint density at radius 3 is 2.04 bits per heavy atom. The fourth-order valence-electron chi connectivity index (χ4n) is 2.58. The molecular formula is C16H22N4O4. The molecule has 0 aromatic rings. The molecule has 4 unspecified atom stereocenters. The van der Waals surface area contributed by atoms with Crippen LogP contribution >= 0.6 is 0 Å². The maximum Gasteiger partial charge on any atom is 0.235 e. The Bertz CT molecular complexity index is 554. The van der Waals surface area contributed by atoms with E-state index in [1.54, 1.807) is 6.08 Å². The zero-order valence-corrected chi connectivity index (χ0v) is 14.0. The highest BCUT2D eigenvalue weighted by atomic mass is 16.1. The summed E-state index contributed by atoms with van der Waals surface area (Å²) in [5, 5.41) is 0. The first kappa shape index (κ1) is 21.5. The molecule has 0 saturated carbocycles. The van der Waals surface area contributed by atoms with Gasteiger partial charge < -0.3 is 0 Å². The van der Waals surface area contributed by atoms with Crippen LogP contribution < -0.4 is 0 Å². The lowest BCUT2D eigenvalue weighted by Gasteiger charge is -2.26. The summed E-state index contributed by atoms with van der Waals surface area (Å²) in [5.74, 6) is 0.0327. The molecule has 0 aromatic heterocycles. The minimum atomic E-state index is -0.530. The molecule has 0 bridgehead atoms. The molecule has 8 heteroatoms. The van der Waals surface area contributed by atoms with Crippen molar-refractivity contribution < 1.29 is 19.2 Å². The number of rotatable bonds is 13. The van der Waals surface area contributed by atoms with Crippen LogP contribution in [0.1, 0.15) is 39.5 Å². The van der Waals surface area contributed by atoms with Crippen LogP contribution in [0.25, 0.3) is 0 Å². The molecule has 0 heterocycles. The van der Waals surface area contributed by atoms with E-state index in [1.165, 1.54) is 18.2 Å². The molecule has 4 atom stereocenters. The summed E-state index contributed by atoms with van der Waals surface area (Å²) in [6, 6.07) is -1.05. The Morgan fingerprint density at radius 2 is 1.50 bits per heavy atom. The van der Waals surface area contributed by atoms with Crippen LogP contribution in [-0.4, -0.2) is 49.5 Å². The van der Waals surface area contributed by atoms with E-state index < -0.39 is 12.1 Å². The molecule has 0 amide bonds. The van der Waals surface area contributed by atoms with Crippen molar-refractivity contribution in [1.82, 2.24) is 0 Å². The molecule has 24 heavy (non-hydrogen) atoms. The quantitative estimate of drug-likeness (QED) is 0.377. The van der Waals surface area contributed by atoms with E-state index in [2.05, 4.69) is 20.0 Å². The predicted octanol–water partition coefficient (Wildman–Crippen LogP) is 1.90. The van der Waals surface area contributed by atoms with E-state index in [9.17, 15) is 19.2 Å². The second-order valence-corrected chi connectivity index (χ2v) is 5.54. The molecule has 0 saturated heterocycles. The number of aliphatic imine (C=N–C) groups is 4. The summed E-state index contributed by atoms with van der Waals surface area (Å²) in [6.45, 7) is 4.45. The Labute approximate surface area is 140 Å². The topological polar surface area (TPSA) is 118 Å². The van der Waals surface area contributed by atoms with Gasteiger partial charge in [-0.1, -0.05) is 20.3 Å². The largest absolute Gasteiger partial charge is 0.235 e. The van der Waals surface area contributed by atoms with Crippen molar-refractivity contribution in [2.45, 2.75) is 51.6 Å². The molecular weight excluding hydrogens is 312 g/mol.